The number of rotatable bonds is 9. The lowest BCUT2D eigenvalue weighted by atomic mass is 10.0. The van der Waals surface area contributed by atoms with Crippen LogP contribution in [-0.4, -0.2) is 70.5 Å². The SMILES string of the molecule is CN1CCN=C1c1cc(N(C)C(C)(C)C(=O)O)ccc1Oc1c(F)cnc(Oc2cc(C(=N)N)ccc2O)c1F. The lowest BCUT2D eigenvalue weighted by molar-refractivity contribution is -0.142. The van der Waals surface area contributed by atoms with Gasteiger partial charge in [-0.15, -0.1) is 0 Å². The van der Waals surface area contributed by atoms with Crippen molar-refractivity contribution in [2.75, 3.05) is 32.1 Å². The van der Waals surface area contributed by atoms with E-state index in [1.54, 1.807) is 45.0 Å². The minimum absolute atomic E-state index is 0.0501. The smallest absolute Gasteiger partial charge is 0.328 e. The molecular formula is C27H28F2N6O5. The van der Waals surface area contributed by atoms with Crippen molar-refractivity contribution in [1.82, 2.24) is 9.88 Å². The first-order valence-electron chi connectivity index (χ1n) is 12.1. The summed E-state index contributed by atoms with van der Waals surface area (Å²) in [5, 5.41) is 27.3. The van der Waals surface area contributed by atoms with Gasteiger partial charge in [-0.25, -0.2) is 14.2 Å². The van der Waals surface area contributed by atoms with Gasteiger partial charge in [0.15, 0.2) is 17.3 Å². The van der Waals surface area contributed by atoms with E-state index in [0.717, 1.165) is 0 Å². The molecule has 0 unspecified atom stereocenters. The normalized spacial score (nSPS) is 13.2. The summed E-state index contributed by atoms with van der Waals surface area (Å²) in [6.07, 6.45) is 0.704. The van der Waals surface area contributed by atoms with Gasteiger partial charge in [-0.2, -0.15) is 4.39 Å². The first kappa shape index (κ1) is 28.1. The number of ether oxygens (including phenoxy) is 2. The molecule has 3 aromatic rings. The fraction of sp³-hybridized carbons (Fsp3) is 0.259. The van der Waals surface area contributed by atoms with Crippen molar-refractivity contribution in [2.24, 2.45) is 10.7 Å². The molecule has 1 aromatic heterocycles. The van der Waals surface area contributed by atoms with E-state index in [9.17, 15) is 19.4 Å². The van der Waals surface area contributed by atoms with Crippen LogP contribution in [-0.2, 0) is 4.79 Å². The fourth-order valence-electron chi connectivity index (χ4n) is 3.85. The largest absolute Gasteiger partial charge is 0.504 e. The van der Waals surface area contributed by atoms with Gasteiger partial charge in [-0.05, 0) is 50.2 Å². The third kappa shape index (κ3) is 5.30. The number of benzene rings is 2. The van der Waals surface area contributed by atoms with Gasteiger partial charge in [-0.1, -0.05) is 0 Å². The highest BCUT2D eigenvalue weighted by Crippen LogP contribution is 2.39. The van der Waals surface area contributed by atoms with Crippen molar-refractivity contribution in [2.45, 2.75) is 19.4 Å². The molecule has 0 radical (unpaired) electrons. The number of nitrogens with zero attached hydrogens (tertiary/aromatic N) is 4. The summed E-state index contributed by atoms with van der Waals surface area (Å²) >= 11 is 0. The van der Waals surface area contributed by atoms with E-state index >= 15 is 4.39 Å². The maximum absolute atomic E-state index is 15.5. The van der Waals surface area contributed by atoms with Crippen molar-refractivity contribution in [3.8, 4) is 28.9 Å². The number of likely N-dealkylation sites (N-methyl/N-ethyl adjacent to an activating group) is 2. The van der Waals surface area contributed by atoms with Crippen molar-refractivity contribution in [1.29, 1.82) is 5.41 Å². The van der Waals surface area contributed by atoms with Crippen LogP contribution in [0.3, 0.4) is 0 Å². The quantitative estimate of drug-likeness (QED) is 0.227. The zero-order valence-corrected chi connectivity index (χ0v) is 22.2. The van der Waals surface area contributed by atoms with Crippen molar-refractivity contribution >= 4 is 23.3 Å². The first-order chi connectivity index (χ1) is 18.8. The summed E-state index contributed by atoms with van der Waals surface area (Å²) in [6, 6.07) is 8.47. The number of carbonyl (C=O) groups is 1. The molecule has 0 spiro atoms. The highest BCUT2D eigenvalue weighted by molar-refractivity contribution is 6.03. The number of aromatic nitrogens is 1. The molecule has 1 aliphatic rings. The van der Waals surface area contributed by atoms with Gasteiger partial charge in [0.25, 0.3) is 5.88 Å². The number of aliphatic imine (C=N–C) groups is 1. The number of nitrogens with two attached hydrogens (primary N) is 1. The van der Waals surface area contributed by atoms with E-state index in [4.69, 9.17) is 20.6 Å². The maximum atomic E-state index is 15.5. The Kier molecular flexibility index (Phi) is 7.49. The molecule has 0 bridgehead atoms. The number of phenols is 1. The summed E-state index contributed by atoms with van der Waals surface area (Å²) in [6.45, 7) is 4.19. The van der Waals surface area contributed by atoms with Gasteiger partial charge in [-0.3, -0.25) is 10.4 Å². The molecule has 0 aliphatic carbocycles. The number of anilines is 1. The Labute approximate surface area is 228 Å². The fourth-order valence-corrected chi connectivity index (χ4v) is 3.85. The molecular weight excluding hydrogens is 526 g/mol. The standard InChI is InChI=1S/C27H28F2N6O5/c1-27(2,26(37)38)35(4)15-6-8-19(16(12-15)24-32-9-10-34(24)3)39-22-17(28)13-33-25(21(22)29)40-20-11-14(23(30)31)5-7-18(20)36/h5-8,11-13,36H,9-10H2,1-4H3,(H3,30,31)(H,37,38). The number of aromatic hydroxyl groups is 1. The number of aliphatic carboxylic acids is 1. The van der Waals surface area contributed by atoms with E-state index in [1.165, 1.54) is 24.3 Å². The molecule has 13 heteroatoms. The van der Waals surface area contributed by atoms with Crippen LogP contribution in [0, 0.1) is 17.0 Å². The Balaban J connectivity index is 1.75. The number of carboxylic acid groups (broad SMARTS) is 1. The van der Waals surface area contributed by atoms with E-state index in [1.807, 2.05) is 4.90 Å². The van der Waals surface area contributed by atoms with Gasteiger partial charge < -0.3 is 35.2 Å². The molecule has 210 valence electrons. The first-order valence-corrected chi connectivity index (χ1v) is 12.1. The average Bonchev–Trinajstić information content (AvgIpc) is 3.34. The number of nitrogen functional groups attached to an aromatic ring is 1. The molecule has 0 atom stereocenters. The lowest BCUT2D eigenvalue weighted by Gasteiger charge is -2.34. The Morgan fingerprint density at radius 1 is 1.18 bits per heavy atom. The molecule has 0 fully saturated rings. The minimum atomic E-state index is -1.28. The third-order valence-corrected chi connectivity index (χ3v) is 6.60. The number of phenolic OH excluding ortho intramolecular Hbond substituents is 1. The molecule has 4 rings (SSSR count). The van der Waals surface area contributed by atoms with Crippen LogP contribution in [0.15, 0.2) is 47.6 Å². The molecule has 0 amide bonds. The number of carboxylic acids is 1. The van der Waals surface area contributed by atoms with Crippen LogP contribution < -0.4 is 20.1 Å². The van der Waals surface area contributed by atoms with Gasteiger partial charge in [0, 0.05) is 31.9 Å². The summed E-state index contributed by atoms with van der Waals surface area (Å²) in [4.78, 5) is 23.3. The Bertz CT molecular complexity index is 1530. The second kappa shape index (κ2) is 10.7. The van der Waals surface area contributed by atoms with Crippen molar-refractivity contribution in [3.63, 3.8) is 0 Å². The Morgan fingerprint density at radius 3 is 2.52 bits per heavy atom. The van der Waals surface area contributed by atoms with E-state index < -0.39 is 34.8 Å². The molecule has 2 heterocycles. The van der Waals surface area contributed by atoms with Crippen LogP contribution in [0.5, 0.6) is 28.9 Å². The second-order valence-electron chi connectivity index (χ2n) is 9.59. The number of pyridine rings is 1. The van der Waals surface area contributed by atoms with Crippen LogP contribution >= 0.6 is 0 Å². The summed E-state index contributed by atoms with van der Waals surface area (Å²) < 4.78 is 41.5. The highest BCUT2D eigenvalue weighted by atomic mass is 19.1. The van der Waals surface area contributed by atoms with E-state index in [2.05, 4.69) is 9.98 Å². The van der Waals surface area contributed by atoms with Crippen molar-refractivity contribution < 1.29 is 33.3 Å². The Hall–Kier alpha value is -4.94. The summed E-state index contributed by atoms with van der Waals surface area (Å²) in [5.74, 6) is -5.36. The topological polar surface area (TPSA) is 158 Å². The van der Waals surface area contributed by atoms with Crippen LogP contribution in [0.1, 0.15) is 25.0 Å². The molecule has 0 saturated carbocycles. The predicted octanol–water partition coefficient (Wildman–Crippen LogP) is 3.93. The van der Waals surface area contributed by atoms with Crippen molar-refractivity contribution in [3.05, 3.63) is 65.4 Å². The van der Waals surface area contributed by atoms with Gasteiger partial charge in [0.1, 0.15) is 23.0 Å². The van der Waals surface area contributed by atoms with Crippen LogP contribution in [0.2, 0.25) is 0 Å². The molecule has 2 aromatic carbocycles. The number of amidine groups is 2. The van der Waals surface area contributed by atoms with Gasteiger partial charge in [0.2, 0.25) is 11.6 Å². The molecule has 5 N–H and O–H groups in total. The molecule has 11 nitrogen and oxygen atoms in total. The van der Waals surface area contributed by atoms with Crippen LogP contribution in [0.4, 0.5) is 14.5 Å². The highest BCUT2D eigenvalue weighted by Gasteiger charge is 2.33. The number of halogens is 2. The number of hydrogen-bond acceptors (Lipinski definition) is 9. The maximum Gasteiger partial charge on any atom is 0.328 e. The Morgan fingerprint density at radius 2 is 1.90 bits per heavy atom. The van der Waals surface area contributed by atoms with Gasteiger partial charge >= 0.3 is 5.97 Å². The molecule has 40 heavy (non-hydrogen) atoms. The zero-order chi connectivity index (χ0) is 29.4. The van der Waals surface area contributed by atoms with Crippen LogP contribution in [0.25, 0.3) is 0 Å². The van der Waals surface area contributed by atoms with E-state index in [-0.39, 0.29) is 28.6 Å². The van der Waals surface area contributed by atoms with Gasteiger partial charge in [0.05, 0.1) is 18.3 Å². The molecule has 1 aliphatic heterocycles. The summed E-state index contributed by atoms with van der Waals surface area (Å²) in [5.41, 5.74) is 5.31. The van der Waals surface area contributed by atoms with E-state index in [0.29, 0.717) is 36.4 Å². The third-order valence-electron chi connectivity index (χ3n) is 6.60. The monoisotopic (exact) mass is 554 g/mol. The lowest BCUT2D eigenvalue weighted by Crippen LogP contribution is -2.48. The summed E-state index contributed by atoms with van der Waals surface area (Å²) in [7, 11) is 3.42. The number of hydrogen-bond donors (Lipinski definition) is 4. The molecule has 0 saturated heterocycles. The average molecular weight is 555 g/mol. The predicted molar refractivity (Wildman–Crippen MR) is 144 cm³/mol. The number of nitrogens with one attached hydrogen (secondary N) is 1. The second-order valence-corrected chi connectivity index (χ2v) is 9.59. The zero-order valence-electron chi connectivity index (χ0n) is 22.2. The minimum Gasteiger partial charge on any atom is -0.504 e.